The molecule has 3 rings (SSSR count). The number of hydrogen-bond donors (Lipinski definition) is 0. The van der Waals surface area contributed by atoms with Crippen LogP contribution in [0.3, 0.4) is 0 Å². The van der Waals surface area contributed by atoms with Crippen molar-refractivity contribution in [3.05, 3.63) is 54.1 Å². The van der Waals surface area contributed by atoms with E-state index in [2.05, 4.69) is 24.3 Å². The lowest BCUT2D eigenvalue weighted by Gasteiger charge is -2.06. The Kier molecular flexibility index (Phi) is 2.29. The van der Waals surface area contributed by atoms with Crippen LogP contribution in [-0.2, 0) is 4.79 Å². The summed E-state index contributed by atoms with van der Waals surface area (Å²) in [5, 5.41) is 2.62. The summed E-state index contributed by atoms with van der Waals surface area (Å²) in [7, 11) is 0. The number of benzene rings is 2. The van der Waals surface area contributed by atoms with Gasteiger partial charge in [0, 0.05) is 5.75 Å². The van der Waals surface area contributed by atoms with Gasteiger partial charge in [-0.2, -0.15) is 0 Å². The predicted octanol–water partition coefficient (Wildman–Crippen LogP) is 3.50. The van der Waals surface area contributed by atoms with Crippen LogP contribution in [0.15, 0.2) is 48.5 Å². The normalized spacial score (nSPS) is 15.5. The fraction of sp³-hybridized carbons (Fsp3) is 0.0714. The van der Waals surface area contributed by atoms with Crippen molar-refractivity contribution in [1.29, 1.82) is 0 Å². The average molecular weight is 226 g/mol. The summed E-state index contributed by atoms with van der Waals surface area (Å²) in [6, 6.07) is 14.5. The van der Waals surface area contributed by atoms with Gasteiger partial charge in [0.25, 0.3) is 0 Å². The number of hydrogen-bond acceptors (Lipinski definition) is 2. The van der Waals surface area contributed by atoms with Crippen molar-refractivity contribution < 1.29 is 4.79 Å². The van der Waals surface area contributed by atoms with Gasteiger partial charge in [-0.1, -0.05) is 54.2 Å². The van der Waals surface area contributed by atoms with Gasteiger partial charge in [-0.25, -0.2) is 0 Å². The molecular formula is C14H10OS. The molecule has 16 heavy (non-hydrogen) atoms. The Bertz CT molecular complexity index is 593. The zero-order valence-corrected chi connectivity index (χ0v) is 9.46. The van der Waals surface area contributed by atoms with E-state index in [0.29, 0.717) is 0 Å². The van der Waals surface area contributed by atoms with Crippen molar-refractivity contribution in [3.8, 4) is 0 Å². The van der Waals surface area contributed by atoms with E-state index in [9.17, 15) is 4.79 Å². The highest BCUT2D eigenvalue weighted by molar-refractivity contribution is 8.14. The molecule has 0 aromatic heterocycles. The molecular weight excluding hydrogens is 216 g/mol. The molecule has 0 N–H and O–H groups in total. The predicted molar refractivity (Wildman–Crippen MR) is 69.4 cm³/mol. The standard InChI is InChI=1S/C14H10OS/c15-14-8-11(9-16-14)13-7-3-5-10-4-1-2-6-12(10)13/h1-8H,9H2. The summed E-state index contributed by atoms with van der Waals surface area (Å²) in [4.78, 5) is 11.2. The van der Waals surface area contributed by atoms with E-state index in [-0.39, 0.29) is 5.12 Å². The van der Waals surface area contributed by atoms with Crippen LogP contribution in [-0.4, -0.2) is 10.9 Å². The summed E-state index contributed by atoms with van der Waals surface area (Å²) in [5.74, 6) is 0.798. The lowest BCUT2D eigenvalue weighted by molar-refractivity contribution is -0.106. The molecule has 2 heteroatoms. The third kappa shape index (κ3) is 1.55. The van der Waals surface area contributed by atoms with Crippen LogP contribution in [0.25, 0.3) is 16.3 Å². The highest BCUT2D eigenvalue weighted by Gasteiger charge is 2.15. The van der Waals surface area contributed by atoms with E-state index in [4.69, 9.17) is 0 Å². The second-order valence-electron chi connectivity index (χ2n) is 3.80. The Labute approximate surface area is 98.2 Å². The van der Waals surface area contributed by atoms with Gasteiger partial charge in [-0.05, 0) is 28.0 Å². The van der Waals surface area contributed by atoms with Crippen LogP contribution in [0, 0.1) is 0 Å². The first-order chi connectivity index (χ1) is 7.84. The minimum Gasteiger partial charge on any atom is -0.282 e. The summed E-state index contributed by atoms with van der Waals surface area (Å²) in [6.45, 7) is 0. The molecule has 1 aliphatic heterocycles. The molecule has 1 nitrogen and oxygen atoms in total. The quantitative estimate of drug-likeness (QED) is 0.740. The van der Waals surface area contributed by atoms with Gasteiger partial charge in [-0.15, -0.1) is 0 Å². The van der Waals surface area contributed by atoms with Crippen LogP contribution < -0.4 is 0 Å². The number of carbonyl (C=O) groups is 1. The Morgan fingerprint density at radius 1 is 1.00 bits per heavy atom. The van der Waals surface area contributed by atoms with Gasteiger partial charge in [0.1, 0.15) is 0 Å². The first-order valence-electron chi connectivity index (χ1n) is 5.20. The van der Waals surface area contributed by atoms with E-state index in [1.165, 1.54) is 28.1 Å². The van der Waals surface area contributed by atoms with Crippen molar-refractivity contribution in [3.63, 3.8) is 0 Å². The molecule has 78 valence electrons. The summed E-state index contributed by atoms with van der Waals surface area (Å²) in [6.07, 6.45) is 1.76. The molecule has 0 fully saturated rings. The van der Waals surface area contributed by atoms with E-state index in [1.807, 2.05) is 18.2 Å². The van der Waals surface area contributed by atoms with Gasteiger partial charge in [-0.3, -0.25) is 4.79 Å². The fourth-order valence-corrected chi connectivity index (χ4v) is 2.80. The van der Waals surface area contributed by atoms with E-state index < -0.39 is 0 Å². The van der Waals surface area contributed by atoms with Crippen LogP contribution >= 0.6 is 11.8 Å². The van der Waals surface area contributed by atoms with Crippen LogP contribution in [0.2, 0.25) is 0 Å². The lowest BCUT2D eigenvalue weighted by Crippen LogP contribution is -1.85. The molecule has 0 unspecified atom stereocenters. The summed E-state index contributed by atoms with van der Waals surface area (Å²) in [5.41, 5.74) is 2.34. The SMILES string of the molecule is O=C1C=C(c2cccc3ccccc23)CS1. The van der Waals surface area contributed by atoms with Gasteiger partial charge in [0.2, 0.25) is 5.12 Å². The van der Waals surface area contributed by atoms with Gasteiger partial charge in [0.15, 0.2) is 0 Å². The van der Waals surface area contributed by atoms with E-state index >= 15 is 0 Å². The van der Waals surface area contributed by atoms with Crippen molar-refractivity contribution >= 4 is 33.2 Å². The summed E-state index contributed by atoms with van der Waals surface area (Å²) < 4.78 is 0. The third-order valence-corrected chi connectivity index (χ3v) is 3.66. The maximum absolute atomic E-state index is 11.2. The topological polar surface area (TPSA) is 17.1 Å². The molecule has 0 atom stereocenters. The minimum atomic E-state index is 0.169. The molecule has 0 amide bonds. The van der Waals surface area contributed by atoms with E-state index in [1.54, 1.807) is 6.08 Å². The highest BCUT2D eigenvalue weighted by Crippen LogP contribution is 2.31. The monoisotopic (exact) mass is 226 g/mol. The van der Waals surface area contributed by atoms with E-state index in [0.717, 1.165) is 11.3 Å². The number of carbonyl (C=O) groups excluding carboxylic acids is 1. The van der Waals surface area contributed by atoms with Gasteiger partial charge >= 0.3 is 0 Å². The largest absolute Gasteiger partial charge is 0.282 e. The van der Waals surface area contributed by atoms with Crippen molar-refractivity contribution in [2.24, 2.45) is 0 Å². The average Bonchev–Trinajstić information content (AvgIpc) is 2.75. The first-order valence-corrected chi connectivity index (χ1v) is 6.18. The lowest BCUT2D eigenvalue weighted by atomic mass is 9.99. The molecule has 1 aliphatic rings. The summed E-state index contributed by atoms with van der Waals surface area (Å²) >= 11 is 1.38. The number of thioether (sulfide) groups is 1. The van der Waals surface area contributed by atoms with Crippen LogP contribution in [0.4, 0.5) is 0 Å². The molecule has 1 heterocycles. The maximum Gasteiger partial charge on any atom is 0.212 e. The highest BCUT2D eigenvalue weighted by atomic mass is 32.2. The van der Waals surface area contributed by atoms with Crippen molar-refractivity contribution in [2.75, 3.05) is 5.75 Å². The number of rotatable bonds is 1. The molecule has 0 saturated heterocycles. The van der Waals surface area contributed by atoms with Crippen LogP contribution in [0.5, 0.6) is 0 Å². The van der Waals surface area contributed by atoms with Gasteiger partial charge in [0.05, 0.1) is 0 Å². The second kappa shape index (κ2) is 3.80. The number of fused-ring (bicyclic) bond motifs is 1. The molecule has 2 aromatic rings. The van der Waals surface area contributed by atoms with Crippen molar-refractivity contribution in [1.82, 2.24) is 0 Å². The van der Waals surface area contributed by atoms with Gasteiger partial charge < -0.3 is 0 Å². The third-order valence-electron chi connectivity index (χ3n) is 2.80. The molecule has 0 saturated carbocycles. The molecule has 2 aromatic carbocycles. The maximum atomic E-state index is 11.2. The molecule has 0 radical (unpaired) electrons. The molecule has 0 aliphatic carbocycles. The molecule has 0 bridgehead atoms. The van der Waals surface area contributed by atoms with Crippen LogP contribution in [0.1, 0.15) is 5.56 Å². The molecule has 0 spiro atoms. The minimum absolute atomic E-state index is 0.169. The zero-order valence-electron chi connectivity index (χ0n) is 8.64. The Balaban J connectivity index is 2.24. The zero-order chi connectivity index (χ0) is 11.0. The van der Waals surface area contributed by atoms with Crippen molar-refractivity contribution in [2.45, 2.75) is 0 Å². The Hall–Kier alpha value is -1.54. The smallest absolute Gasteiger partial charge is 0.212 e. The second-order valence-corrected chi connectivity index (χ2v) is 4.78. The Morgan fingerprint density at radius 3 is 2.62 bits per heavy atom. The Morgan fingerprint density at radius 2 is 1.81 bits per heavy atom. The fourth-order valence-electron chi connectivity index (χ4n) is 2.04. The first kappa shape index (κ1) is 9.67.